The number of hydrogen-bond acceptors (Lipinski definition) is 3. The molecule has 0 aliphatic heterocycles. The molecule has 3 N–H and O–H groups in total. The highest BCUT2D eigenvalue weighted by molar-refractivity contribution is 6.11. The van der Waals surface area contributed by atoms with Crippen molar-refractivity contribution in [3.8, 4) is 0 Å². The quantitative estimate of drug-likeness (QED) is 0.608. The molecule has 6 nitrogen and oxygen atoms in total. The van der Waals surface area contributed by atoms with E-state index in [4.69, 9.17) is 0 Å². The Kier molecular flexibility index (Phi) is 4.79. The van der Waals surface area contributed by atoms with E-state index in [1.165, 1.54) is 11.1 Å². The van der Waals surface area contributed by atoms with Crippen molar-refractivity contribution in [2.75, 3.05) is 5.32 Å². The molecule has 0 saturated carbocycles. The number of carbonyl (C=O) groups excluding carboxylic acids is 1. The van der Waals surface area contributed by atoms with E-state index in [1.54, 1.807) is 18.5 Å². The third-order valence-electron chi connectivity index (χ3n) is 3.75. The third kappa shape index (κ3) is 4.03. The molecule has 0 aliphatic rings. The maximum Gasteiger partial charge on any atom is 0.258 e. The molecule has 0 unspecified atom stereocenters. The minimum absolute atomic E-state index is 0.213. The number of imidazole rings is 1. The molecule has 0 saturated heterocycles. The number of para-hydroxylation sites is 1. The molecule has 0 atom stereocenters. The van der Waals surface area contributed by atoms with Crippen LogP contribution in [0.1, 0.15) is 43.4 Å². The van der Waals surface area contributed by atoms with E-state index in [-0.39, 0.29) is 5.91 Å². The Morgan fingerprint density at radius 3 is 2.84 bits per heavy atom. The number of fused-ring (bicyclic) bond motifs is 1. The molecule has 0 fully saturated rings. The van der Waals surface area contributed by atoms with Crippen molar-refractivity contribution < 1.29 is 4.79 Å². The van der Waals surface area contributed by atoms with E-state index in [0.29, 0.717) is 16.8 Å². The molecule has 0 spiro atoms. The monoisotopic (exact) mass is 335 g/mol. The van der Waals surface area contributed by atoms with Crippen LogP contribution in [0.3, 0.4) is 0 Å². The molecule has 1 aromatic carbocycles. The molecular weight excluding hydrogens is 314 g/mol. The fraction of sp³-hybridized carbons (Fsp3) is 0.211. The van der Waals surface area contributed by atoms with E-state index >= 15 is 0 Å². The number of H-pyrrole nitrogens is 2. The van der Waals surface area contributed by atoms with Crippen LogP contribution in [0.25, 0.3) is 17.1 Å². The lowest BCUT2D eigenvalue weighted by atomic mass is 10.1. The summed E-state index contributed by atoms with van der Waals surface area (Å²) in [6.45, 7) is 6.23. The first kappa shape index (κ1) is 16.7. The summed E-state index contributed by atoms with van der Waals surface area (Å²) in [5, 5.41) is 9.30. The standard InChI is InChI=1S/C19H21N5O/c1-12(2)7-8-13(3)9-17-23-16-6-4-5-15(18(16)24-17)19(25)22-14-10-20-21-11-14/h4-7,9-11H,8H2,1-3H3,(H,20,21)(H,22,25)(H,23,24)/b13-9+. The van der Waals surface area contributed by atoms with Crippen LogP contribution in [-0.4, -0.2) is 26.1 Å². The van der Waals surface area contributed by atoms with Crippen LogP contribution in [0.15, 0.2) is 47.8 Å². The largest absolute Gasteiger partial charge is 0.338 e. The number of rotatable bonds is 5. The van der Waals surface area contributed by atoms with Crippen molar-refractivity contribution in [2.45, 2.75) is 27.2 Å². The number of aromatic nitrogens is 4. The van der Waals surface area contributed by atoms with E-state index in [9.17, 15) is 4.79 Å². The molecule has 0 bridgehead atoms. The first-order valence-corrected chi connectivity index (χ1v) is 8.12. The summed E-state index contributed by atoms with van der Waals surface area (Å²) in [4.78, 5) is 20.4. The van der Waals surface area contributed by atoms with Crippen molar-refractivity contribution in [3.63, 3.8) is 0 Å². The van der Waals surface area contributed by atoms with Crippen molar-refractivity contribution in [2.24, 2.45) is 0 Å². The van der Waals surface area contributed by atoms with Gasteiger partial charge < -0.3 is 10.3 Å². The number of nitrogens with one attached hydrogen (secondary N) is 3. The van der Waals surface area contributed by atoms with Gasteiger partial charge in [-0.05, 0) is 45.4 Å². The number of benzene rings is 1. The zero-order chi connectivity index (χ0) is 17.8. The molecule has 2 aromatic heterocycles. The van der Waals surface area contributed by atoms with Crippen LogP contribution in [-0.2, 0) is 0 Å². The molecule has 6 heteroatoms. The summed E-state index contributed by atoms with van der Waals surface area (Å²) >= 11 is 0. The van der Waals surface area contributed by atoms with Gasteiger partial charge in [0.05, 0.1) is 23.0 Å². The van der Waals surface area contributed by atoms with Gasteiger partial charge in [0.1, 0.15) is 11.3 Å². The number of allylic oxidation sites excluding steroid dienone is 3. The van der Waals surface area contributed by atoms with Gasteiger partial charge in [-0.15, -0.1) is 0 Å². The Bertz CT molecular complexity index is 944. The molecule has 1 amide bonds. The number of aromatic amines is 2. The van der Waals surface area contributed by atoms with E-state index < -0.39 is 0 Å². The number of amides is 1. The SMILES string of the molecule is CC(C)=CC/C(C)=C/c1nc2c(C(=O)Nc3cn[nH]c3)cccc2[nH]1. The van der Waals surface area contributed by atoms with Gasteiger partial charge in [-0.25, -0.2) is 4.98 Å². The van der Waals surface area contributed by atoms with Crippen LogP contribution in [0.4, 0.5) is 5.69 Å². The summed E-state index contributed by atoms with van der Waals surface area (Å²) in [6.07, 6.45) is 8.26. The second-order valence-electron chi connectivity index (χ2n) is 6.24. The third-order valence-corrected chi connectivity index (χ3v) is 3.75. The van der Waals surface area contributed by atoms with Gasteiger partial charge in [0.15, 0.2) is 0 Å². The lowest BCUT2D eigenvalue weighted by Crippen LogP contribution is -2.11. The van der Waals surface area contributed by atoms with Crippen LogP contribution in [0.5, 0.6) is 0 Å². The second-order valence-corrected chi connectivity index (χ2v) is 6.24. The maximum absolute atomic E-state index is 12.5. The fourth-order valence-corrected chi connectivity index (χ4v) is 2.48. The second kappa shape index (κ2) is 7.17. The number of anilines is 1. The van der Waals surface area contributed by atoms with Gasteiger partial charge in [-0.3, -0.25) is 9.89 Å². The zero-order valence-corrected chi connectivity index (χ0v) is 14.6. The van der Waals surface area contributed by atoms with Crippen LogP contribution < -0.4 is 5.32 Å². The highest BCUT2D eigenvalue weighted by Crippen LogP contribution is 2.20. The first-order valence-electron chi connectivity index (χ1n) is 8.12. The smallest absolute Gasteiger partial charge is 0.258 e. The van der Waals surface area contributed by atoms with Crippen molar-refractivity contribution in [1.82, 2.24) is 20.2 Å². The summed E-state index contributed by atoms with van der Waals surface area (Å²) in [5.41, 5.74) is 5.12. The zero-order valence-electron chi connectivity index (χ0n) is 14.6. The average molecular weight is 335 g/mol. The Hall–Kier alpha value is -3.15. The maximum atomic E-state index is 12.5. The van der Waals surface area contributed by atoms with Gasteiger partial charge in [0, 0.05) is 6.20 Å². The predicted octanol–water partition coefficient (Wildman–Crippen LogP) is 4.30. The molecule has 25 heavy (non-hydrogen) atoms. The minimum Gasteiger partial charge on any atom is -0.338 e. The lowest BCUT2D eigenvalue weighted by Gasteiger charge is -2.02. The summed E-state index contributed by atoms with van der Waals surface area (Å²) < 4.78 is 0. The summed E-state index contributed by atoms with van der Waals surface area (Å²) in [6, 6.07) is 5.52. The molecule has 128 valence electrons. The summed E-state index contributed by atoms with van der Waals surface area (Å²) in [7, 11) is 0. The minimum atomic E-state index is -0.213. The van der Waals surface area contributed by atoms with E-state index in [1.807, 2.05) is 18.2 Å². The molecular formula is C19H21N5O. The van der Waals surface area contributed by atoms with E-state index in [2.05, 4.69) is 52.3 Å². The highest BCUT2D eigenvalue weighted by atomic mass is 16.1. The van der Waals surface area contributed by atoms with Crippen LogP contribution in [0.2, 0.25) is 0 Å². The van der Waals surface area contributed by atoms with E-state index in [0.717, 1.165) is 17.8 Å². The van der Waals surface area contributed by atoms with Gasteiger partial charge in [-0.1, -0.05) is 23.3 Å². The van der Waals surface area contributed by atoms with Crippen LogP contribution in [0, 0.1) is 0 Å². The van der Waals surface area contributed by atoms with Gasteiger partial charge in [-0.2, -0.15) is 5.10 Å². The topological polar surface area (TPSA) is 86.5 Å². The van der Waals surface area contributed by atoms with Crippen LogP contribution >= 0.6 is 0 Å². The predicted molar refractivity (Wildman–Crippen MR) is 100 cm³/mol. The van der Waals surface area contributed by atoms with Gasteiger partial charge in [0.25, 0.3) is 5.91 Å². The number of hydrogen-bond donors (Lipinski definition) is 3. The fourth-order valence-electron chi connectivity index (χ4n) is 2.48. The van der Waals surface area contributed by atoms with Gasteiger partial charge in [0.2, 0.25) is 0 Å². The average Bonchev–Trinajstić information content (AvgIpc) is 3.21. The summed E-state index contributed by atoms with van der Waals surface area (Å²) in [5.74, 6) is 0.536. The molecule has 3 rings (SSSR count). The Balaban J connectivity index is 1.89. The Labute approximate surface area is 146 Å². The van der Waals surface area contributed by atoms with Gasteiger partial charge >= 0.3 is 0 Å². The molecule has 2 heterocycles. The normalized spacial score (nSPS) is 11.6. The number of carbonyl (C=O) groups is 1. The lowest BCUT2D eigenvalue weighted by molar-refractivity contribution is 0.102. The molecule has 0 aliphatic carbocycles. The Morgan fingerprint density at radius 2 is 2.12 bits per heavy atom. The molecule has 3 aromatic rings. The van der Waals surface area contributed by atoms with Crippen molar-refractivity contribution in [1.29, 1.82) is 0 Å². The van der Waals surface area contributed by atoms with Crippen molar-refractivity contribution in [3.05, 3.63) is 59.2 Å². The molecule has 0 radical (unpaired) electrons. The Morgan fingerprint density at radius 1 is 1.28 bits per heavy atom. The highest BCUT2D eigenvalue weighted by Gasteiger charge is 2.13. The number of nitrogens with zero attached hydrogens (tertiary/aromatic N) is 2. The first-order chi connectivity index (χ1) is 12.0. The van der Waals surface area contributed by atoms with Crippen molar-refractivity contribution >= 4 is 28.7 Å².